The highest BCUT2D eigenvalue weighted by atomic mass is 19.1. The van der Waals surface area contributed by atoms with Crippen LogP contribution in [0.5, 0.6) is 0 Å². The number of nitrogens with zero attached hydrogens (tertiary/aromatic N) is 1. The van der Waals surface area contributed by atoms with Crippen LogP contribution in [0.3, 0.4) is 0 Å². The summed E-state index contributed by atoms with van der Waals surface area (Å²) in [4.78, 5) is 9.84. The molecule has 0 aliphatic rings. The topological polar surface area (TPSA) is 56.3 Å². The number of fused-ring (bicyclic) bond motifs is 1. The summed E-state index contributed by atoms with van der Waals surface area (Å²) in [6.45, 7) is 0. The lowest BCUT2D eigenvalue weighted by Gasteiger charge is -1.90. The average molecular weight is 181 g/mol. The second kappa shape index (κ2) is 2.55. The van der Waals surface area contributed by atoms with Crippen LogP contribution in [-0.2, 0) is 0 Å². The summed E-state index contributed by atoms with van der Waals surface area (Å²) in [5.41, 5.74) is -0.244. The van der Waals surface area contributed by atoms with E-state index >= 15 is 0 Å². The molecule has 4 nitrogen and oxygen atoms in total. The lowest BCUT2D eigenvalue weighted by molar-refractivity contribution is -0.383. The van der Waals surface area contributed by atoms with E-state index in [1.54, 1.807) is 6.07 Å². The average Bonchev–Trinajstić information content (AvgIpc) is 2.43. The molecule has 0 saturated heterocycles. The van der Waals surface area contributed by atoms with Crippen molar-refractivity contribution in [1.82, 2.24) is 0 Å². The van der Waals surface area contributed by atoms with Crippen LogP contribution in [0.25, 0.3) is 11.0 Å². The maximum Gasteiger partial charge on any atom is 0.312 e. The predicted molar refractivity (Wildman–Crippen MR) is 42.8 cm³/mol. The van der Waals surface area contributed by atoms with Crippen LogP contribution < -0.4 is 0 Å². The van der Waals surface area contributed by atoms with Gasteiger partial charge in [0.15, 0.2) is 0 Å². The Morgan fingerprint density at radius 1 is 1.46 bits per heavy atom. The molecule has 2 rings (SSSR count). The van der Waals surface area contributed by atoms with Crippen molar-refractivity contribution in [3.05, 3.63) is 40.4 Å². The first kappa shape index (κ1) is 7.72. The van der Waals surface area contributed by atoms with Gasteiger partial charge in [-0.25, -0.2) is 0 Å². The molecule has 0 unspecified atom stereocenters. The van der Waals surface area contributed by atoms with Crippen molar-refractivity contribution in [1.29, 1.82) is 0 Å². The summed E-state index contributed by atoms with van der Waals surface area (Å²) in [6.07, 6.45) is 0. The van der Waals surface area contributed by atoms with E-state index in [1.165, 1.54) is 12.1 Å². The number of non-ortho nitro benzene ring substituents is 1. The van der Waals surface area contributed by atoms with Crippen LogP contribution in [0.2, 0.25) is 0 Å². The van der Waals surface area contributed by atoms with Gasteiger partial charge in [0.25, 0.3) is 6.01 Å². The first-order chi connectivity index (χ1) is 6.18. The highest BCUT2D eigenvalue weighted by molar-refractivity contribution is 5.85. The van der Waals surface area contributed by atoms with E-state index in [2.05, 4.69) is 4.42 Å². The van der Waals surface area contributed by atoms with E-state index in [9.17, 15) is 14.5 Å². The van der Waals surface area contributed by atoms with Gasteiger partial charge in [0, 0.05) is 17.5 Å². The lowest BCUT2D eigenvalue weighted by Crippen LogP contribution is -1.86. The third-order valence-electron chi connectivity index (χ3n) is 1.69. The molecule has 0 aliphatic carbocycles. The Morgan fingerprint density at radius 2 is 2.23 bits per heavy atom. The number of hydrogen-bond acceptors (Lipinski definition) is 3. The van der Waals surface area contributed by atoms with Crippen molar-refractivity contribution in [2.45, 2.75) is 0 Å². The van der Waals surface area contributed by atoms with Gasteiger partial charge >= 0.3 is 5.69 Å². The van der Waals surface area contributed by atoms with Crippen LogP contribution in [0.15, 0.2) is 28.7 Å². The van der Waals surface area contributed by atoms with Gasteiger partial charge in [-0.15, -0.1) is 0 Å². The highest BCUT2D eigenvalue weighted by Gasteiger charge is 2.15. The number of para-hydroxylation sites is 1. The first-order valence-corrected chi connectivity index (χ1v) is 3.51. The van der Waals surface area contributed by atoms with Gasteiger partial charge in [-0.2, -0.15) is 4.39 Å². The van der Waals surface area contributed by atoms with Crippen LogP contribution in [0, 0.1) is 16.1 Å². The predicted octanol–water partition coefficient (Wildman–Crippen LogP) is 2.48. The summed E-state index contributed by atoms with van der Waals surface area (Å²) < 4.78 is 17.1. The molecule has 13 heavy (non-hydrogen) atoms. The van der Waals surface area contributed by atoms with Crippen LogP contribution >= 0.6 is 0 Å². The summed E-state index contributed by atoms with van der Waals surface area (Å²) in [5.74, 6) is 0. The Morgan fingerprint density at radius 3 is 2.92 bits per heavy atom. The SMILES string of the molecule is O=[N+]([O-])c1cccc2cc(F)oc12. The number of rotatable bonds is 1. The second-order valence-electron chi connectivity index (χ2n) is 2.50. The zero-order valence-electron chi connectivity index (χ0n) is 6.36. The van der Waals surface area contributed by atoms with Crippen molar-refractivity contribution < 1.29 is 13.7 Å². The van der Waals surface area contributed by atoms with Crippen LogP contribution in [0.1, 0.15) is 0 Å². The van der Waals surface area contributed by atoms with Gasteiger partial charge in [-0.1, -0.05) is 12.1 Å². The van der Waals surface area contributed by atoms with Gasteiger partial charge in [0.1, 0.15) is 0 Å². The van der Waals surface area contributed by atoms with E-state index in [0.29, 0.717) is 5.39 Å². The monoisotopic (exact) mass is 181 g/mol. The molecule has 1 aromatic carbocycles. The molecular formula is C8H4FNO3. The van der Waals surface area contributed by atoms with Crippen molar-refractivity contribution >= 4 is 16.7 Å². The molecule has 0 spiro atoms. The van der Waals surface area contributed by atoms with Gasteiger partial charge < -0.3 is 4.42 Å². The Kier molecular flexibility index (Phi) is 1.51. The third-order valence-corrected chi connectivity index (χ3v) is 1.69. The van der Waals surface area contributed by atoms with E-state index in [0.717, 1.165) is 6.07 Å². The van der Waals surface area contributed by atoms with E-state index < -0.39 is 10.9 Å². The lowest BCUT2D eigenvalue weighted by atomic mass is 10.2. The quantitative estimate of drug-likeness (QED) is 0.501. The Balaban J connectivity index is 2.82. The molecule has 0 amide bonds. The fourth-order valence-electron chi connectivity index (χ4n) is 1.16. The fraction of sp³-hybridized carbons (Fsp3) is 0. The Hall–Kier alpha value is -1.91. The maximum absolute atomic E-state index is 12.6. The molecule has 0 N–H and O–H groups in total. The van der Waals surface area contributed by atoms with Crippen molar-refractivity contribution in [3.63, 3.8) is 0 Å². The molecular weight excluding hydrogens is 177 g/mol. The summed E-state index contributed by atoms with van der Waals surface area (Å²) in [7, 11) is 0. The van der Waals surface area contributed by atoms with Crippen molar-refractivity contribution in [3.8, 4) is 0 Å². The molecule has 0 atom stereocenters. The van der Waals surface area contributed by atoms with Crippen molar-refractivity contribution in [2.75, 3.05) is 0 Å². The van der Waals surface area contributed by atoms with Gasteiger partial charge in [-0.05, 0) is 0 Å². The van der Waals surface area contributed by atoms with Crippen molar-refractivity contribution in [2.24, 2.45) is 0 Å². The Bertz CT molecular complexity index is 477. The molecule has 0 saturated carbocycles. The second-order valence-corrected chi connectivity index (χ2v) is 2.50. The zero-order valence-corrected chi connectivity index (χ0v) is 6.36. The molecule has 66 valence electrons. The number of halogens is 1. The van der Waals surface area contributed by atoms with E-state index in [1.807, 2.05) is 0 Å². The number of nitro benzene ring substituents is 1. The van der Waals surface area contributed by atoms with Crippen LogP contribution in [0.4, 0.5) is 10.1 Å². The normalized spacial score (nSPS) is 10.5. The number of furan rings is 1. The summed E-state index contributed by atoms with van der Waals surface area (Å²) >= 11 is 0. The standard InChI is InChI=1S/C8H4FNO3/c9-7-4-5-2-1-3-6(10(11)12)8(5)13-7/h1-4H. The molecule has 0 bridgehead atoms. The first-order valence-electron chi connectivity index (χ1n) is 3.51. The maximum atomic E-state index is 12.6. The van der Waals surface area contributed by atoms with Gasteiger partial charge in [-0.3, -0.25) is 10.1 Å². The smallest absolute Gasteiger partial charge is 0.312 e. The molecule has 0 fully saturated rings. The number of nitro groups is 1. The molecule has 2 aromatic rings. The zero-order chi connectivity index (χ0) is 9.42. The highest BCUT2D eigenvalue weighted by Crippen LogP contribution is 2.27. The number of benzene rings is 1. The van der Waals surface area contributed by atoms with Gasteiger partial charge in [0.2, 0.25) is 5.58 Å². The minimum absolute atomic E-state index is 0.0231. The summed E-state index contributed by atoms with van der Waals surface area (Å²) in [5, 5.41) is 10.8. The molecule has 0 radical (unpaired) electrons. The molecule has 0 aliphatic heterocycles. The van der Waals surface area contributed by atoms with Gasteiger partial charge in [0.05, 0.1) is 4.92 Å². The molecule has 5 heteroatoms. The Labute approximate surface area is 71.7 Å². The fourth-order valence-corrected chi connectivity index (χ4v) is 1.16. The van der Waals surface area contributed by atoms with E-state index in [4.69, 9.17) is 0 Å². The molecule has 1 aromatic heterocycles. The largest absolute Gasteiger partial charge is 0.424 e. The number of hydrogen-bond donors (Lipinski definition) is 0. The van der Waals surface area contributed by atoms with E-state index in [-0.39, 0.29) is 11.3 Å². The third kappa shape index (κ3) is 1.14. The molecule has 1 heterocycles. The minimum Gasteiger partial charge on any atom is -0.424 e. The van der Waals surface area contributed by atoms with Crippen LogP contribution in [-0.4, -0.2) is 4.92 Å². The summed E-state index contributed by atoms with van der Waals surface area (Å²) in [6, 6.07) is 4.60. The minimum atomic E-state index is -0.815.